The van der Waals surface area contributed by atoms with Crippen LogP contribution in [0.15, 0.2) is 52.9 Å². The zero-order chi connectivity index (χ0) is 21.3. The topological polar surface area (TPSA) is 61.6 Å². The Balaban J connectivity index is 1.38. The normalized spacial score (nSPS) is 16.0. The molecule has 6 nitrogen and oxygen atoms in total. The highest BCUT2D eigenvalue weighted by Gasteiger charge is 2.25. The van der Waals surface area contributed by atoms with E-state index in [1.165, 1.54) is 5.69 Å². The number of para-hydroxylation sites is 1. The van der Waals surface area contributed by atoms with E-state index in [1.807, 2.05) is 36.1 Å². The average molecular weight is 407 g/mol. The van der Waals surface area contributed by atoms with Crippen LogP contribution in [0.4, 0.5) is 11.4 Å². The van der Waals surface area contributed by atoms with Crippen molar-refractivity contribution in [2.45, 2.75) is 39.2 Å². The third-order valence-electron chi connectivity index (χ3n) is 5.50. The Bertz CT molecular complexity index is 1010. The van der Waals surface area contributed by atoms with Gasteiger partial charge in [-0.25, -0.2) is 4.98 Å². The largest absolute Gasteiger partial charge is 0.440 e. The fourth-order valence-electron chi connectivity index (χ4n) is 3.75. The second-order valence-electron chi connectivity index (χ2n) is 8.97. The molecule has 30 heavy (non-hydrogen) atoms. The summed E-state index contributed by atoms with van der Waals surface area (Å²) in [5.74, 6) is 0.841. The molecule has 0 saturated carbocycles. The van der Waals surface area contributed by atoms with Crippen LogP contribution in [0, 0.1) is 0 Å². The second kappa shape index (κ2) is 8.01. The molecule has 1 atom stereocenters. The number of nitrogens with one attached hydrogen (secondary N) is 1. The first-order chi connectivity index (χ1) is 14.3. The van der Waals surface area contributed by atoms with Gasteiger partial charge in [0, 0.05) is 43.0 Å². The van der Waals surface area contributed by atoms with Crippen molar-refractivity contribution in [1.82, 2.24) is 9.88 Å². The molecule has 4 rings (SSSR count). The Hall–Kier alpha value is -3.02. The highest BCUT2D eigenvalue weighted by molar-refractivity contribution is 5.86. The molecule has 0 spiro atoms. The maximum absolute atomic E-state index is 13.0. The maximum Gasteiger partial charge on any atom is 0.244 e. The van der Waals surface area contributed by atoms with E-state index in [0.717, 1.165) is 48.9 Å². The minimum absolute atomic E-state index is 0.123. The number of carbonyl (C=O) groups excluding carboxylic acids is 1. The summed E-state index contributed by atoms with van der Waals surface area (Å²) in [6.07, 6.45) is 0. The first-order valence-corrected chi connectivity index (χ1v) is 10.6. The van der Waals surface area contributed by atoms with Crippen molar-refractivity contribution in [2.24, 2.45) is 0 Å². The van der Waals surface area contributed by atoms with Gasteiger partial charge < -0.3 is 19.5 Å². The van der Waals surface area contributed by atoms with Crippen LogP contribution in [0.1, 0.15) is 33.6 Å². The number of nitrogens with zero attached hydrogens (tertiary/aromatic N) is 3. The zero-order valence-electron chi connectivity index (χ0n) is 18.2. The Kier molecular flexibility index (Phi) is 5.41. The summed E-state index contributed by atoms with van der Waals surface area (Å²) in [5, 5.41) is 3.34. The van der Waals surface area contributed by atoms with E-state index in [-0.39, 0.29) is 17.4 Å². The summed E-state index contributed by atoms with van der Waals surface area (Å²) < 4.78 is 5.86. The van der Waals surface area contributed by atoms with Crippen molar-refractivity contribution in [3.63, 3.8) is 0 Å². The van der Waals surface area contributed by atoms with Gasteiger partial charge in [0.1, 0.15) is 11.6 Å². The van der Waals surface area contributed by atoms with E-state index in [0.29, 0.717) is 0 Å². The maximum atomic E-state index is 13.0. The molecule has 1 amide bonds. The van der Waals surface area contributed by atoms with Crippen molar-refractivity contribution in [1.29, 1.82) is 0 Å². The molecular weight excluding hydrogens is 376 g/mol. The van der Waals surface area contributed by atoms with Gasteiger partial charge in [-0.15, -0.1) is 0 Å². The number of hydrogen-bond acceptors (Lipinski definition) is 5. The SMILES string of the molecule is CC(Nc1ccc2oc(C(C)(C)C)nc2c1)C(=O)N1CCN(c2ccccc2)CC1. The molecule has 1 aliphatic rings. The molecule has 6 heteroatoms. The number of anilines is 2. The number of amides is 1. The van der Waals surface area contributed by atoms with Gasteiger partial charge in [0.05, 0.1) is 0 Å². The van der Waals surface area contributed by atoms with E-state index >= 15 is 0 Å². The minimum atomic E-state index is -0.306. The first kappa shape index (κ1) is 20.3. The molecule has 3 aromatic rings. The smallest absolute Gasteiger partial charge is 0.244 e. The molecule has 0 bridgehead atoms. The van der Waals surface area contributed by atoms with Crippen LogP contribution in [-0.2, 0) is 10.2 Å². The van der Waals surface area contributed by atoms with Crippen LogP contribution >= 0.6 is 0 Å². The molecule has 2 aromatic carbocycles. The molecule has 1 aromatic heterocycles. The van der Waals surface area contributed by atoms with E-state index in [9.17, 15) is 4.79 Å². The average Bonchev–Trinajstić information content (AvgIpc) is 3.18. The van der Waals surface area contributed by atoms with Crippen LogP contribution in [0.2, 0.25) is 0 Å². The Morgan fingerprint density at radius 2 is 1.77 bits per heavy atom. The summed E-state index contributed by atoms with van der Waals surface area (Å²) in [7, 11) is 0. The number of carbonyl (C=O) groups is 1. The quantitative estimate of drug-likeness (QED) is 0.701. The predicted molar refractivity (Wildman–Crippen MR) is 121 cm³/mol. The number of oxazole rings is 1. The van der Waals surface area contributed by atoms with Gasteiger partial charge in [-0.3, -0.25) is 4.79 Å². The lowest BCUT2D eigenvalue weighted by Gasteiger charge is -2.37. The van der Waals surface area contributed by atoms with Gasteiger partial charge in [-0.2, -0.15) is 0 Å². The number of hydrogen-bond donors (Lipinski definition) is 1. The highest BCUT2D eigenvalue weighted by Crippen LogP contribution is 2.27. The first-order valence-electron chi connectivity index (χ1n) is 10.6. The van der Waals surface area contributed by atoms with Crippen LogP contribution < -0.4 is 10.2 Å². The summed E-state index contributed by atoms with van der Waals surface area (Å²) in [6, 6.07) is 15.9. The van der Waals surface area contributed by atoms with Crippen LogP contribution in [0.5, 0.6) is 0 Å². The summed E-state index contributed by atoms with van der Waals surface area (Å²) >= 11 is 0. The summed E-state index contributed by atoms with van der Waals surface area (Å²) in [6.45, 7) is 11.3. The monoisotopic (exact) mass is 406 g/mol. The van der Waals surface area contributed by atoms with Crippen LogP contribution in [0.3, 0.4) is 0 Å². The number of benzene rings is 2. The Labute approximate surface area is 177 Å². The van der Waals surface area contributed by atoms with E-state index < -0.39 is 0 Å². The fraction of sp³-hybridized carbons (Fsp3) is 0.417. The zero-order valence-corrected chi connectivity index (χ0v) is 18.2. The van der Waals surface area contributed by atoms with E-state index in [1.54, 1.807) is 0 Å². The van der Waals surface area contributed by atoms with Crippen molar-refractivity contribution in [3.05, 3.63) is 54.4 Å². The van der Waals surface area contributed by atoms with E-state index in [2.05, 4.69) is 60.2 Å². The molecule has 1 fully saturated rings. The molecule has 1 unspecified atom stereocenters. The van der Waals surface area contributed by atoms with Crippen molar-refractivity contribution >= 4 is 28.4 Å². The number of aromatic nitrogens is 1. The van der Waals surface area contributed by atoms with Gasteiger partial charge in [-0.1, -0.05) is 39.0 Å². The van der Waals surface area contributed by atoms with E-state index in [4.69, 9.17) is 4.42 Å². The number of rotatable bonds is 4. The molecule has 2 heterocycles. The molecule has 1 saturated heterocycles. The predicted octanol–water partition coefficient (Wildman–Crippen LogP) is 4.27. The Morgan fingerprint density at radius 3 is 2.43 bits per heavy atom. The minimum Gasteiger partial charge on any atom is -0.440 e. The van der Waals surface area contributed by atoms with Crippen LogP contribution in [0.25, 0.3) is 11.1 Å². The van der Waals surface area contributed by atoms with Gasteiger partial charge in [-0.05, 0) is 37.3 Å². The lowest BCUT2D eigenvalue weighted by atomic mass is 9.97. The molecule has 1 N–H and O–H groups in total. The van der Waals surface area contributed by atoms with Gasteiger partial charge in [0.2, 0.25) is 11.8 Å². The van der Waals surface area contributed by atoms with Crippen molar-refractivity contribution in [3.8, 4) is 0 Å². The summed E-state index contributed by atoms with van der Waals surface area (Å²) in [5.41, 5.74) is 3.52. The third kappa shape index (κ3) is 4.27. The Morgan fingerprint density at radius 1 is 1.07 bits per heavy atom. The molecular formula is C24H30N4O2. The van der Waals surface area contributed by atoms with Gasteiger partial charge >= 0.3 is 0 Å². The number of fused-ring (bicyclic) bond motifs is 1. The summed E-state index contributed by atoms with van der Waals surface area (Å²) in [4.78, 5) is 21.8. The lowest BCUT2D eigenvalue weighted by molar-refractivity contribution is -0.131. The van der Waals surface area contributed by atoms with Crippen LogP contribution in [-0.4, -0.2) is 48.0 Å². The molecule has 158 valence electrons. The standard InChI is InChI=1S/C24H30N4O2/c1-17(22(29)28-14-12-27(13-15-28)19-8-6-5-7-9-19)25-18-10-11-21-20(16-18)26-23(30-21)24(2,3)4/h5-11,16-17,25H,12-15H2,1-4H3. The second-order valence-corrected chi connectivity index (χ2v) is 8.97. The van der Waals surface area contributed by atoms with Crippen molar-refractivity contribution < 1.29 is 9.21 Å². The van der Waals surface area contributed by atoms with Crippen molar-refractivity contribution in [2.75, 3.05) is 36.4 Å². The van der Waals surface area contributed by atoms with Gasteiger partial charge in [0.15, 0.2) is 5.58 Å². The van der Waals surface area contributed by atoms with Gasteiger partial charge in [0.25, 0.3) is 0 Å². The number of piperazine rings is 1. The molecule has 0 radical (unpaired) electrons. The lowest BCUT2D eigenvalue weighted by Crippen LogP contribution is -2.52. The molecule has 1 aliphatic heterocycles. The third-order valence-corrected chi connectivity index (χ3v) is 5.50. The fourth-order valence-corrected chi connectivity index (χ4v) is 3.75. The highest BCUT2D eigenvalue weighted by atomic mass is 16.3. The molecule has 0 aliphatic carbocycles.